The molecular formula is C30H33Cl2N7O. The van der Waals surface area contributed by atoms with Gasteiger partial charge in [-0.1, -0.05) is 73.5 Å². The molecule has 8 nitrogen and oxygen atoms in total. The fraction of sp³-hybridized carbons (Fsp3) is 0.333. The summed E-state index contributed by atoms with van der Waals surface area (Å²) in [6.07, 6.45) is 11.9. The third kappa shape index (κ3) is 7.31. The predicted octanol–water partition coefficient (Wildman–Crippen LogP) is 6.80. The van der Waals surface area contributed by atoms with Crippen molar-refractivity contribution in [3.8, 4) is 5.82 Å². The molecule has 10 heteroatoms. The summed E-state index contributed by atoms with van der Waals surface area (Å²) in [6, 6.07) is 16.4. The lowest BCUT2D eigenvalue weighted by Crippen LogP contribution is -2.41. The van der Waals surface area contributed by atoms with E-state index in [1.807, 2.05) is 77.3 Å². The van der Waals surface area contributed by atoms with E-state index < -0.39 is 6.04 Å². The van der Waals surface area contributed by atoms with E-state index in [-0.39, 0.29) is 5.91 Å². The van der Waals surface area contributed by atoms with Crippen LogP contribution in [0, 0.1) is 5.92 Å². The number of nitrogens with zero attached hydrogens (tertiary/aromatic N) is 5. The molecule has 5 rings (SSSR count). The normalized spacial score (nSPS) is 14.5. The fourth-order valence-corrected chi connectivity index (χ4v) is 5.36. The first kappa shape index (κ1) is 27.9. The van der Waals surface area contributed by atoms with E-state index in [1.54, 1.807) is 12.5 Å². The van der Waals surface area contributed by atoms with Crippen LogP contribution in [-0.2, 0) is 11.3 Å². The number of anilines is 3. The molecule has 1 unspecified atom stereocenters. The lowest BCUT2D eigenvalue weighted by Gasteiger charge is -2.27. The highest BCUT2D eigenvalue weighted by molar-refractivity contribution is 6.31. The van der Waals surface area contributed by atoms with Gasteiger partial charge in [-0.3, -0.25) is 9.36 Å². The molecule has 1 fully saturated rings. The second-order valence-corrected chi connectivity index (χ2v) is 11.1. The first-order valence-corrected chi connectivity index (χ1v) is 14.4. The number of imidazole rings is 1. The van der Waals surface area contributed by atoms with Gasteiger partial charge in [-0.2, -0.15) is 9.97 Å². The molecule has 2 N–H and O–H groups in total. The molecule has 1 saturated carbocycles. The zero-order chi connectivity index (χ0) is 27.9. The molecule has 2 aromatic heterocycles. The predicted molar refractivity (Wildman–Crippen MR) is 161 cm³/mol. The number of benzene rings is 2. The third-order valence-corrected chi connectivity index (χ3v) is 7.76. The van der Waals surface area contributed by atoms with E-state index >= 15 is 0 Å². The molecule has 2 aromatic carbocycles. The second kappa shape index (κ2) is 13.2. The summed E-state index contributed by atoms with van der Waals surface area (Å²) >= 11 is 12.3. The van der Waals surface area contributed by atoms with Gasteiger partial charge in [0.2, 0.25) is 11.9 Å². The average Bonchev–Trinajstić information content (AvgIpc) is 3.52. The van der Waals surface area contributed by atoms with Gasteiger partial charge in [0.1, 0.15) is 24.0 Å². The van der Waals surface area contributed by atoms with Crippen molar-refractivity contribution in [2.45, 2.75) is 51.1 Å². The SMILES string of the molecule is CN(c1cccc(Cl)c1)c1nc(NC(CC2CCCCC2)C(=O)NCc2ccc(Cl)cc2)cc(-n2ccnc2)n1. The number of amides is 1. The Morgan fingerprint density at radius 3 is 2.58 bits per heavy atom. The van der Waals surface area contributed by atoms with Crippen molar-refractivity contribution < 1.29 is 4.79 Å². The number of rotatable bonds is 10. The second-order valence-electron chi connectivity index (χ2n) is 10.2. The molecule has 0 aliphatic heterocycles. The number of carbonyl (C=O) groups excluding carboxylic acids is 1. The van der Waals surface area contributed by atoms with Crippen LogP contribution in [0.2, 0.25) is 10.0 Å². The zero-order valence-corrected chi connectivity index (χ0v) is 23.9. The van der Waals surface area contributed by atoms with Crippen LogP contribution in [-0.4, -0.2) is 38.5 Å². The van der Waals surface area contributed by atoms with E-state index in [2.05, 4.69) is 15.6 Å². The molecule has 0 spiro atoms. The Hall–Kier alpha value is -3.62. The molecule has 0 bridgehead atoms. The summed E-state index contributed by atoms with van der Waals surface area (Å²) in [4.78, 5) is 29.2. The Kier molecular flexibility index (Phi) is 9.19. The van der Waals surface area contributed by atoms with Gasteiger partial charge in [0.15, 0.2) is 0 Å². The van der Waals surface area contributed by atoms with E-state index in [1.165, 1.54) is 19.3 Å². The lowest BCUT2D eigenvalue weighted by molar-refractivity contribution is -0.122. The topological polar surface area (TPSA) is 88.0 Å². The molecule has 2 heterocycles. The van der Waals surface area contributed by atoms with Crippen molar-refractivity contribution in [2.75, 3.05) is 17.3 Å². The van der Waals surface area contributed by atoms with Crippen LogP contribution in [0.15, 0.2) is 73.3 Å². The van der Waals surface area contributed by atoms with Crippen LogP contribution >= 0.6 is 23.2 Å². The third-order valence-electron chi connectivity index (χ3n) is 7.28. The van der Waals surface area contributed by atoms with E-state index in [4.69, 9.17) is 33.2 Å². The van der Waals surface area contributed by atoms with Crippen molar-refractivity contribution in [3.05, 3.63) is 88.9 Å². The standard InChI is InChI=1S/C30H33Cl2N7O/c1-38(25-9-5-8-24(32)17-25)30-36-27(18-28(37-30)39-15-14-33-20-39)35-26(16-21-6-3-2-4-7-21)29(40)34-19-22-10-12-23(31)13-11-22/h5,8-15,17-18,20-21,26H,2-4,6-7,16,19H2,1H3,(H,34,40)(H,35,36,37). The van der Waals surface area contributed by atoms with Crippen molar-refractivity contribution in [1.29, 1.82) is 0 Å². The van der Waals surface area contributed by atoms with Crippen LogP contribution in [0.5, 0.6) is 0 Å². The minimum absolute atomic E-state index is 0.0620. The van der Waals surface area contributed by atoms with Gasteiger partial charge < -0.3 is 15.5 Å². The quantitative estimate of drug-likeness (QED) is 0.215. The molecule has 1 aliphatic carbocycles. The van der Waals surface area contributed by atoms with Crippen molar-refractivity contribution in [2.24, 2.45) is 5.92 Å². The molecule has 208 valence electrons. The van der Waals surface area contributed by atoms with Gasteiger partial charge >= 0.3 is 0 Å². The lowest BCUT2D eigenvalue weighted by atomic mass is 9.84. The first-order valence-electron chi connectivity index (χ1n) is 13.6. The molecule has 0 saturated heterocycles. The monoisotopic (exact) mass is 577 g/mol. The maximum atomic E-state index is 13.6. The van der Waals surface area contributed by atoms with Gasteiger partial charge in [0, 0.05) is 47.8 Å². The van der Waals surface area contributed by atoms with Crippen LogP contribution in [0.25, 0.3) is 5.82 Å². The Labute approximate surface area is 244 Å². The van der Waals surface area contributed by atoms with Crippen molar-refractivity contribution in [3.63, 3.8) is 0 Å². The Morgan fingerprint density at radius 2 is 1.85 bits per heavy atom. The Balaban J connectivity index is 1.42. The number of hydrogen-bond donors (Lipinski definition) is 2. The fourth-order valence-electron chi connectivity index (χ4n) is 5.05. The largest absolute Gasteiger partial charge is 0.358 e. The highest BCUT2D eigenvalue weighted by atomic mass is 35.5. The van der Waals surface area contributed by atoms with Gasteiger partial charge in [-0.25, -0.2) is 4.98 Å². The average molecular weight is 579 g/mol. The molecule has 0 radical (unpaired) electrons. The molecule has 1 amide bonds. The maximum Gasteiger partial charge on any atom is 0.242 e. The van der Waals surface area contributed by atoms with Gasteiger partial charge in [-0.05, 0) is 48.2 Å². The summed E-state index contributed by atoms with van der Waals surface area (Å²) in [7, 11) is 1.89. The van der Waals surface area contributed by atoms with Crippen molar-refractivity contribution >= 4 is 46.6 Å². The van der Waals surface area contributed by atoms with E-state index in [0.29, 0.717) is 40.1 Å². The number of hydrogen-bond acceptors (Lipinski definition) is 6. The van der Waals surface area contributed by atoms with Gasteiger partial charge in [-0.15, -0.1) is 0 Å². The summed E-state index contributed by atoms with van der Waals surface area (Å²) in [5, 5.41) is 7.87. The number of halogens is 2. The molecule has 4 aromatic rings. The maximum absolute atomic E-state index is 13.6. The van der Waals surface area contributed by atoms with Crippen LogP contribution < -0.4 is 15.5 Å². The summed E-state index contributed by atoms with van der Waals surface area (Å²) in [5.74, 6) is 2.08. The zero-order valence-electron chi connectivity index (χ0n) is 22.4. The summed E-state index contributed by atoms with van der Waals surface area (Å²) < 4.78 is 1.82. The van der Waals surface area contributed by atoms with Crippen LogP contribution in [0.1, 0.15) is 44.1 Å². The highest BCUT2D eigenvalue weighted by Gasteiger charge is 2.25. The minimum atomic E-state index is -0.453. The molecule has 40 heavy (non-hydrogen) atoms. The number of nitrogens with one attached hydrogen (secondary N) is 2. The molecule has 1 aliphatic rings. The van der Waals surface area contributed by atoms with Crippen molar-refractivity contribution in [1.82, 2.24) is 24.8 Å². The number of aromatic nitrogens is 4. The van der Waals surface area contributed by atoms with E-state index in [9.17, 15) is 4.79 Å². The number of carbonyl (C=O) groups is 1. The molecule has 1 atom stereocenters. The summed E-state index contributed by atoms with van der Waals surface area (Å²) in [6.45, 7) is 0.422. The minimum Gasteiger partial charge on any atom is -0.358 e. The van der Waals surface area contributed by atoms with Crippen LogP contribution in [0.4, 0.5) is 17.5 Å². The highest BCUT2D eigenvalue weighted by Crippen LogP contribution is 2.30. The van der Waals surface area contributed by atoms with Crippen LogP contribution in [0.3, 0.4) is 0 Å². The smallest absolute Gasteiger partial charge is 0.242 e. The summed E-state index contributed by atoms with van der Waals surface area (Å²) in [5.41, 5.74) is 1.84. The first-order chi connectivity index (χ1) is 19.4. The van der Waals surface area contributed by atoms with Gasteiger partial charge in [0.25, 0.3) is 0 Å². The van der Waals surface area contributed by atoms with E-state index in [0.717, 1.165) is 30.5 Å². The molecular weight excluding hydrogens is 545 g/mol. The van der Waals surface area contributed by atoms with Gasteiger partial charge in [0.05, 0.1) is 0 Å². The Morgan fingerprint density at radius 1 is 1.05 bits per heavy atom. The Bertz CT molecular complexity index is 1410.